The van der Waals surface area contributed by atoms with Crippen molar-refractivity contribution >= 4 is 17.2 Å². The minimum absolute atomic E-state index is 0.0319. The van der Waals surface area contributed by atoms with Gasteiger partial charge in [-0.3, -0.25) is 14.7 Å². The maximum absolute atomic E-state index is 13.5. The predicted molar refractivity (Wildman–Crippen MR) is 138 cm³/mol. The van der Waals surface area contributed by atoms with E-state index in [1.165, 1.54) is 37.0 Å². The molecule has 36 heavy (non-hydrogen) atoms. The van der Waals surface area contributed by atoms with E-state index in [0.717, 1.165) is 48.1 Å². The van der Waals surface area contributed by atoms with Gasteiger partial charge in [0.25, 0.3) is 5.91 Å². The molecule has 5 rings (SSSR count). The van der Waals surface area contributed by atoms with Crippen molar-refractivity contribution in [1.29, 1.82) is 0 Å². The molecule has 3 heterocycles. The monoisotopic (exact) mass is 488 g/mol. The summed E-state index contributed by atoms with van der Waals surface area (Å²) in [5.41, 5.74) is 5.71. The summed E-state index contributed by atoms with van der Waals surface area (Å²) in [6, 6.07) is 11.4. The molecule has 7 heteroatoms. The highest BCUT2D eigenvalue weighted by Crippen LogP contribution is 2.34. The maximum Gasteiger partial charge on any atom is 0.251 e. The van der Waals surface area contributed by atoms with Gasteiger partial charge in [-0.15, -0.1) is 0 Å². The molecule has 3 aromatic rings. The van der Waals surface area contributed by atoms with Crippen LogP contribution in [0.2, 0.25) is 0 Å². The van der Waals surface area contributed by atoms with Gasteiger partial charge >= 0.3 is 0 Å². The second kappa shape index (κ2) is 10.6. The fourth-order valence-electron chi connectivity index (χ4n) is 5.00. The molecule has 5 nitrogen and oxygen atoms in total. The lowest BCUT2D eigenvalue weighted by atomic mass is 9.93. The van der Waals surface area contributed by atoms with Crippen molar-refractivity contribution in [3.63, 3.8) is 0 Å². The number of piperidine rings is 1. The summed E-state index contributed by atoms with van der Waals surface area (Å²) in [4.78, 5) is 20.1. The van der Waals surface area contributed by atoms with Crippen LogP contribution in [0.4, 0.5) is 14.5 Å². The third-order valence-corrected chi connectivity index (χ3v) is 6.71. The van der Waals surface area contributed by atoms with Gasteiger partial charge in [0.05, 0.1) is 0 Å². The fraction of sp³-hybridized carbons (Fsp3) is 0.310. The number of pyridine rings is 1. The molecule has 0 spiro atoms. The molecule has 0 saturated carbocycles. The summed E-state index contributed by atoms with van der Waals surface area (Å²) >= 11 is 0. The number of anilines is 1. The summed E-state index contributed by atoms with van der Waals surface area (Å²) in [6.07, 6.45) is 9.44. The Balaban J connectivity index is 1.37. The lowest BCUT2D eigenvalue weighted by Gasteiger charge is -2.26. The molecule has 0 radical (unpaired) electrons. The zero-order valence-corrected chi connectivity index (χ0v) is 20.4. The van der Waals surface area contributed by atoms with E-state index < -0.39 is 11.6 Å². The Morgan fingerprint density at radius 2 is 1.78 bits per heavy atom. The third kappa shape index (κ3) is 5.62. The summed E-state index contributed by atoms with van der Waals surface area (Å²) in [6.45, 7) is 5.14. The number of benzene rings is 2. The number of carbonyl (C=O) groups is 1. The number of carbonyl (C=O) groups excluding carboxylic acids is 1. The molecule has 2 N–H and O–H groups in total. The Hall–Kier alpha value is -3.58. The van der Waals surface area contributed by atoms with E-state index >= 15 is 0 Å². The largest absolute Gasteiger partial charge is 0.379 e. The normalized spacial score (nSPS) is 17.6. The number of amides is 1. The first-order chi connectivity index (χ1) is 17.4. The smallest absolute Gasteiger partial charge is 0.251 e. The van der Waals surface area contributed by atoms with Crippen LogP contribution in [0, 0.1) is 11.6 Å². The number of rotatable bonds is 6. The number of hydrogen-bond acceptors (Lipinski definition) is 4. The minimum Gasteiger partial charge on any atom is -0.379 e. The molecule has 0 bridgehead atoms. The van der Waals surface area contributed by atoms with Crippen LogP contribution in [-0.4, -0.2) is 34.9 Å². The Kier molecular flexibility index (Phi) is 7.09. The van der Waals surface area contributed by atoms with Gasteiger partial charge < -0.3 is 10.6 Å². The molecule has 2 aliphatic heterocycles. The molecule has 1 amide bonds. The van der Waals surface area contributed by atoms with Crippen molar-refractivity contribution in [2.24, 2.45) is 0 Å². The Morgan fingerprint density at radius 3 is 2.56 bits per heavy atom. The van der Waals surface area contributed by atoms with Crippen LogP contribution in [0.1, 0.15) is 42.9 Å². The van der Waals surface area contributed by atoms with Gasteiger partial charge in [-0.1, -0.05) is 12.5 Å². The Morgan fingerprint density at radius 1 is 1.00 bits per heavy atom. The van der Waals surface area contributed by atoms with E-state index in [9.17, 15) is 13.6 Å². The Labute approximate surface area is 210 Å². The molecule has 1 unspecified atom stereocenters. The van der Waals surface area contributed by atoms with E-state index in [0.29, 0.717) is 11.1 Å². The van der Waals surface area contributed by atoms with Gasteiger partial charge in [-0.05, 0) is 86.0 Å². The third-order valence-electron chi connectivity index (χ3n) is 6.71. The van der Waals surface area contributed by atoms with Crippen molar-refractivity contribution in [3.05, 3.63) is 89.3 Å². The first-order valence-corrected chi connectivity index (χ1v) is 12.5. The molecule has 0 aliphatic carbocycles. The summed E-state index contributed by atoms with van der Waals surface area (Å²) in [7, 11) is 0. The molecule has 2 aliphatic rings. The minimum atomic E-state index is -0.667. The van der Waals surface area contributed by atoms with Crippen LogP contribution in [0.25, 0.3) is 16.7 Å². The molecular formula is C29H30F2N4O. The van der Waals surface area contributed by atoms with E-state index in [1.54, 1.807) is 0 Å². The SMILES string of the molecule is CC1C=C(C(=O)NCc2cc(F)cc(F)c2)c2cc(-c3cncc(CN4CCCCC4)c3)ccc2N1. The van der Waals surface area contributed by atoms with Crippen molar-refractivity contribution in [2.75, 3.05) is 18.4 Å². The number of likely N-dealkylation sites (tertiary alicyclic amines) is 1. The average Bonchev–Trinajstić information content (AvgIpc) is 2.87. The van der Waals surface area contributed by atoms with E-state index in [-0.39, 0.29) is 18.5 Å². The molecule has 186 valence electrons. The zero-order chi connectivity index (χ0) is 25.1. The molecule has 1 fully saturated rings. The van der Waals surface area contributed by atoms with Crippen LogP contribution < -0.4 is 10.6 Å². The van der Waals surface area contributed by atoms with Gasteiger partial charge in [-0.25, -0.2) is 8.78 Å². The highest BCUT2D eigenvalue weighted by molar-refractivity contribution is 6.22. The molecule has 1 atom stereocenters. The van der Waals surface area contributed by atoms with Crippen LogP contribution in [-0.2, 0) is 17.9 Å². The molecular weight excluding hydrogens is 458 g/mol. The van der Waals surface area contributed by atoms with E-state index in [1.807, 2.05) is 43.6 Å². The highest BCUT2D eigenvalue weighted by Gasteiger charge is 2.22. The second-order valence-corrected chi connectivity index (χ2v) is 9.65. The van der Waals surface area contributed by atoms with E-state index in [4.69, 9.17) is 0 Å². The van der Waals surface area contributed by atoms with Gasteiger partial charge in [0.1, 0.15) is 11.6 Å². The van der Waals surface area contributed by atoms with Crippen LogP contribution in [0.5, 0.6) is 0 Å². The van der Waals surface area contributed by atoms with E-state index in [2.05, 4.69) is 26.6 Å². The molecule has 1 aromatic heterocycles. The topological polar surface area (TPSA) is 57.3 Å². The lowest BCUT2D eigenvalue weighted by Crippen LogP contribution is -2.29. The first-order valence-electron chi connectivity index (χ1n) is 12.5. The summed E-state index contributed by atoms with van der Waals surface area (Å²) in [5, 5.41) is 6.21. The number of halogens is 2. The van der Waals surface area contributed by atoms with Gasteiger partial charge in [0.15, 0.2) is 0 Å². The highest BCUT2D eigenvalue weighted by atomic mass is 19.1. The molecule has 1 saturated heterocycles. The number of nitrogens with one attached hydrogen (secondary N) is 2. The predicted octanol–water partition coefficient (Wildman–Crippen LogP) is 5.53. The van der Waals surface area contributed by atoms with Crippen LogP contribution >= 0.6 is 0 Å². The number of hydrogen-bond donors (Lipinski definition) is 2. The first kappa shape index (κ1) is 24.1. The number of fused-ring (bicyclic) bond motifs is 1. The lowest BCUT2D eigenvalue weighted by molar-refractivity contribution is -0.115. The number of nitrogens with zero attached hydrogens (tertiary/aromatic N) is 2. The molecule has 2 aromatic carbocycles. The summed E-state index contributed by atoms with van der Waals surface area (Å²) in [5.74, 6) is -1.62. The fourth-order valence-corrected chi connectivity index (χ4v) is 5.00. The van der Waals surface area contributed by atoms with Gasteiger partial charge in [0, 0.05) is 60.0 Å². The Bertz CT molecular complexity index is 1280. The second-order valence-electron chi connectivity index (χ2n) is 9.65. The average molecular weight is 489 g/mol. The summed E-state index contributed by atoms with van der Waals surface area (Å²) < 4.78 is 27.1. The zero-order valence-electron chi connectivity index (χ0n) is 20.4. The van der Waals surface area contributed by atoms with Crippen LogP contribution in [0.15, 0.2) is 60.9 Å². The van der Waals surface area contributed by atoms with Gasteiger partial charge in [0.2, 0.25) is 0 Å². The van der Waals surface area contributed by atoms with Crippen molar-refractivity contribution < 1.29 is 13.6 Å². The number of aromatic nitrogens is 1. The van der Waals surface area contributed by atoms with Crippen molar-refractivity contribution in [1.82, 2.24) is 15.2 Å². The van der Waals surface area contributed by atoms with Crippen LogP contribution in [0.3, 0.4) is 0 Å². The standard InChI is InChI=1S/C29H30F2N4O/c1-19-9-27(29(36)33-16-20-11-24(30)14-25(31)12-20)26-13-22(5-6-28(26)34-19)23-10-21(15-32-17-23)18-35-7-3-2-4-8-35/h5-6,9-15,17,19,34H,2-4,7-8,16,18H2,1H3,(H,33,36). The van der Waals surface area contributed by atoms with Crippen molar-refractivity contribution in [3.8, 4) is 11.1 Å². The van der Waals surface area contributed by atoms with Gasteiger partial charge in [-0.2, -0.15) is 0 Å². The maximum atomic E-state index is 13.5. The quantitative estimate of drug-likeness (QED) is 0.479. The van der Waals surface area contributed by atoms with Crippen molar-refractivity contribution in [2.45, 2.75) is 45.3 Å².